The Bertz CT molecular complexity index is 852. The molecule has 2 rings (SSSR count). The summed E-state index contributed by atoms with van der Waals surface area (Å²) in [7, 11) is 0. The lowest BCUT2D eigenvalue weighted by atomic mass is 10.0. The topological polar surface area (TPSA) is 128 Å². The van der Waals surface area contributed by atoms with Crippen molar-refractivity contribution in [3.05, 3.63) is 38.9 Å². The van der Waals surface area contributed by atoms with Gasteiger partial charge in [-0.05, 0) is 31.7 Å². The summed E-state index contributed by atoms with van der Waals surface area (Å²) in [5, 5.41) is 16.2. The SMILES string of the molecule is CC(OC(=O)C(NC(=O)c1ccc([N+](=O)[O-])cc1Cl)C(C)C)C(=O)NC1CCCCCC1. The van der Waals surface area contributed by atoms with Crippen LogP contribution >= 0.6 is 11.6 Å². The fourth-order valence-corrected chi connectivity index (χ4v) is 3.82. The first-order valence-electron chi connectivity index (χ1n) is 10.9. The first-order valence-corrected chi connectivity index (χ1v) is 11.2. The Kier molecular flexibility index (Phi) is 9.43. The molecule has 10 heteroatoms. The second kappa shape index (κ2) is 11.8. The van der Waals surface area contributed by atoms with Gasteiger partial charge in [0.25, 0.3) is 17.5 Å². The van der Waals surface area contributed by atoms with Crippen molar-refractivity contribution in [2.45, 2.75) is 77.5 Å². The molecule has 1 saturated carbocycles. The van der Waals surface area contributed by atoms with Gasteiger partial charge in [-0.25, -0.2) is 4.79 Å². The predicted molar refractivity (Wildman–Crippen MR) is 119 cm³/mol. The number of ether oxygens (including phenoxy) is 1. The highest BCUT2D eigenvalue weighted by molar-refractivity contribution is 6.34. The number of rotatable bonds is 8. The Labute approximate surface area is 192 Å². The largest absolute Gasteiger partial charge is 0.451 e. The second-order valence-corrected chi connectivity index (χ2v) is 8.80. The summed E-state index contributed by atoms with van der Waals surface area (Å²) in [6.45, 7) is 4.94. The molecule has 0 aliphatic heterocycles. The molecule has 1 aromatic rings. The van der Waals surface area contributed by atoms with Gasteiger partial charge in [-0.2, -0.15) is 0 Å². The second-order valence-electron chi connectivity index (χ2n) is 8.39. The van der Waals surface area contributed by atoms with Gasteiger partial charge in [-0.1, -0.05) is 51.1 Å². The minimum absolute atomic E-state index is 0.00475. The molecule has 1 aliphatic rings. The maximum absolute atomic E-state index is 12.7. The van der Waals surface area contributed by atoms with Crippen LogP contribution in [0.2, 0.25) is 5.02 Å². The summed E-state index contributed by atoms with van der Waals surface area (Å²) in [6.07, 6.45) is 5.25. The zero-order valence-corrected chi connectivity index (χ0v) is 19.3. The van der Waals surface area contributed by atoms with E-state index >= 15 is 0 Å². The number of carbonyl (C=O) groups is 3. The molecular weight excluding hydrogens is 438 g/mol. The molecule has 0 bridgehead atoms. The lowest BCUT2D eigenvalue weighted by molar-refractivity contribution is -0.384. The first-order chi connectivity index (χ1) is 15.1. The number of nitrogens with zero attached hydrogens (tertiary/aromatic N) is 1. The van der Waals surface area contributed by atoms with E-state index < -0.39 is 28.9 Å². The van der Waals surface area contributed by atoms with Crippen LogP contribution < -0.4 is 10.6 Å². The minimum Gasteiger partial charge on any atom is -0.451 e. The predicted octanol–water partition coefficient (Wildman–Crippen LogP) is 3.77. The number of nitro benzene ring substituents is 1. The van der Waals surface area contributed by atoms with Crippen LogP contribution in [0.5, 0.6) is 0 Å². The number of hydrogen-bond donors (Lipinski definition) is 2. The van der Waals surface area contributed by atoms with Crippen LogP contribution in [-0.2, 0) is 14.3 Å². The van der Waals surface area contributed by atoms with E-state index in [1.54, 1.807) is 13.8 Å². The van der Waals surface area contributed by atoms with Gasteiger partial charge in [0, 0.05) is 18.2 Å². The number of carbonyl (C=O) groups excluding carboxylic acids is 3. The quantitative estimate of drug-likeness (QED) is 0.259. The summed E-state index contributed by atoms with van der Waals surface area (Å²) in [4.78, 5) is 48.0. The summed E-state index contributed by atoms with van der Waals surface area (Å²) in [5.41, 5.74) is -0.255. The van der Waals surface area contributed by atoms with Gasteiger partial charge in [0.05, 0.1) is 15.5 Å². The molecule has 2 atom stereocenters. The van der Waals surface area contributed by atoms with Gasteiger partial charge in [0.1, 0.15) is 6.04 Å². The highest BCUT2D eigenvalue weighted by Crippen LogP contribution is 2.23. The zero-order valence-electron chi connectivity index (χ0n) is 18.6. The third-order valence-electron chi connectivity index (χ3n) is 5.48. The molecule has 1 aromatic carbocycles. The Morgan fingerprint density at radius 1 is 1.12 bits per heavy atom. The molecular formula is C22H30ClN3O6. The zero-order chi connectivity index (χ0) is 23.8. The molecule has 2 N–H and O–H groups in total. The smallest absolute Gasteiger partial charge is 0.329 e. The molecule has 2 amide bonds. The number of amides is 2. The Morgan fingerprint density at radius 3 is 2.28 bits per heavy atom. The first kappa shape index (κ1) is 25.6. The molecule has 0 spiro atoms. The van der Waals surface area contributed by atoms with E-state index in [9.17, 15) is 24.5 Å². The standard InChI is InChI=1S/C22H30ClN3O6/c1-13(2)19(25-21(28)17-11-10-16(26(30)31)12-18(17)23)22(29)32-14(3)20(27)24-15-8-6-4-5-7-9-15/h10-15,19H,4-9H2,1-3H3,(H,24,27)(H,25,28). The van der Waals surface area contributed by atoms with Crippen LogP contribution in [0, 0.1) is 16.0 Å². The molecule has 0 radical (unpaired) electrons. The van der Waals surface area contributed by atoms with Crippen molar-refractivity contribution in [3.8, 4) is 0 Å². The molecule has 9 nitrogen and oxygen atoms in total. The van der Waals surface area contributed by atoms with Crippen LogP contribution in [0.4, 0.5) is 5.69 Å². The summed E-state index contributed by atoms with van der Waals surface area (Å²) in [6, 6.07) is 2.50. The van der Waals surface area contributed by atoms with E-state index in [-0.39, 0.29) is 34.1 Å². The molecule has 1 aliphatic carbocycles. The van der Waals surface area contributed by atoms with Crippen LogP contribution in [0.25, 0.3) is 0 Å². The van der Waals surface area contributed by atoms with Crippen LogP contribution in [0.3, 0.4) is 0 Å². The molecule has 2 unspecified atom stereocenters. The number of benzene rings is 1. The fourth-order valence-electron chi connectivity index (χ4n) is 3.56. The van der Waals surface area contributed by atoms with E-state index in [4.69, 9.17) is 16.3 Å². The van der Waals surface area contributed by atoms with Crippen LogP contribution in [0.15, 0.2) is 18.2 Å². The summed E-state index contributed by atoms with van der Waals surface area (Å²) >= 11 is 6.01. The third kappa shape index (κ3) is 7.19. The normalized spacial score (nSPS) is 16.5. The maximum Gasteiger partial charge on any atom is 0.329 e. The Morgan fingerprint density at radius 2 is 1.75 bits per heavy atom. The van der Waals surface area contributed by atoms with Gasteiger partial charge in [-0.3, -0.25) is 19.7 Å². The number of nitrogens with one attached hydrogen (secondary N) is 2. The van der Waals surface area contributed by atoms with Gasteiger partial charge in [0.2, 0.25) is 0 Å². The van der Waals surface area contributed by atoms with E-state index in [1.807, 2.05) is 0 Å². The highest BCUT2D eigenvalue weighted by atomic mass is 35.5. The molecule has 0 heterocycles. The van der Waals surface area contributed by atoms with Crippen molar-refractivity contribution >= 4 is 35.1 Å². The Balaban J connectivity index is 2.00. The van der Waals surface area contributed by atoms with Crippen molar-refractivity contribution in [2.24, 2.45) is 5.92 Å². The molecule has 0 aromatic heterocycles. The van der Waals surface area contributed by atoms with E-state index in [2.05, 4.69) is 10.6 Å². The lowest BCUT2D eigenvalue weighted by Crippen LogP contribution is -2.48. The monoisotopic (exact) mass is 467 g/mol. The van der Waals surface area contributed by atoms with Crippen LogP contribution in [0.1, 0.15) is 69.7 Å². The number of halogens is 1. The average molecular weight is 468 g/mol. The summed E-state index contributed by atoms with van der Waals surface area (Å²) < 4.78 is 5.34. The van der Waals surface area contributed by atoms with Crippen molar-refractivity contribution in [2.75, 3.05) is 0 Å². The molecule has 0 saturated heterocycles. The van der Waals surface area contributed by atoms with Gasteiger partial charge >= 0.3 is 5.97 Å². The number of esters is 1. The molecule has 176 valence electrons. The fraction of sp³-hybridized carbons (Fsp3) is 0.591. The van der Waals surface area contributed by atoms with Crippen molar-refractivity contribution in [1.29, 1.82) is 0 Å². The third-order valence-corrected chi connectivity index (χ3v) is 5.79. The van der Waals surface area contributed by atoms with Gasteiger partial charge in [0.15, 0.2) is 6.10 Å². The summed E-state index contributed by atoms with van der Waals surface area (Å²) in [5.74, 6) is -2.11. The minimum atomic E-state index is -1.03. The van der Waals surface area contributed by atoms with E-state index in [1.165, 1.54) is 13.0 Å². The molecule has 32 heavy (non-hydrogen) atoms. The van der Waals surface area contributed by atoms with Crippen molar-refractivity contribution in [3.63, 3.8) is 0 Å². The Hall–Kier alpha value is -2.68. The average Bonchev–Trinajstić information content (AvgIpc) is 2.99. The number of hydrogen-bond acceptors (Lipinski definition) is 6. The lowest BCUT2D eigenvalue weighted by Gasteiger charge is -2.24. The van der Waals surface area contributed by atoms with Crippen LogP contribution in [-0.4, -0.2) is 40.9 Å². The van der Waals surface area contributed by atoms with Gasteiger partial charge < -0.3 is 15.4 Å². The van der Waals surface area contributed by atoms with E-state index in [0.717, 1.165) is 50.7 Å². The van der Waals surface area contributed by atoms with Crippen molar-refractivity contribution < 1.29 is 24.0 Å². The maximum atomic E-state index is 12.7. The number of non-ortho nitro benzene ring substituents is 1. The molecule has 1 fully saturated rings. The van der Waals surface area contributed by atoms with Crippen molar-refractivity contribution in [1.82, 2.24) is 10.6 Å². The number of nitro groups is 1. The highest BCUT2D eigenvalue weighted by Gasteiger charge is 2.30. The van der Waals surface area contributed by atoms with Gasteiger partial charge in [-0.15, -0.1) is 0 Å². The van der Waals surface area contributed by atoms with E-state index in [0.29, 0.717) is 0 Å².